The second-order valence-electron chi connectivity index (χ2n) is 8.36. The molecule has 0 fully saturated rings. The van der Waals surface area contributed by atoms with Gasteiger partial charge in [-0.15, -0.1) is 34.1 Å². The van der Waals surface area contributed by atoms with Crippen molar-refractivity contribution in [2.24, 2.45) is 17.8 Å². The van der Waals surface area contributed by atoms with Crippen LogP contribution in [0.3, 0.4) is 0 Å². The Morgan fingerprint density at radius 1 is 0.500 bits per heavy atom. The molecule has 0 aliphatic rings. The van der Waals surface area contributed by atoms with Gasteiger partial charge < -0.3 is 0 Å². The zero-order valence-corrected chi connectivity index (χ0v) is 23.4. The molecule has 0 amide bonds. The molecule has 3 atom stereocenters. The van der Waals surface area contributed by atoms with Crippen molar-refractivity contribution in [3.05, 3.63) is 0 Å². The molecule has 4 heteroatoms. The van der Waals surface area contributed by atoms with Crippen molar-refractivity contribution in [3.8, 4) is 0 Å². The molecule has 0 spiro atoms. The van der Waals surface area contributed by atoms with Gasteiger partial charge in [0.15, 0.2) is 0 Å². The molecule has 0 N–H and O–H groups in total. The lowest BCUT2D eigenvalue weighted by atomic mass is 10.0. The number of rotatable bonds is 21. The summed E-state index contributed by atoms with van der Waals surface area (Å²) in [6, 6.07) is 0. The average Bonchev–Trinajstić information content (AvgIpc) is 2.73. The van der Waals surface area contributed by atoms with Crippen LogP contribution < -0.4 is 0 Å². The number of hydrogen-bond donors (Lipinski definition) is 0. The van der Waals surface area contributed by atoms with E-state index in [1.807, 2.05) is 0 Å². The summed E-state index contributed by atoms with van der Waals surface area (Å²) < 4.78 is 0. The Kier molecular flexibility index (Phi) is 22.8. The largest absolute Gasteiger partial charge is 0.112 e. The highest BCUT2D eigenvalue weighted by atomic mass is 33.4. The Bertz CT molecular complexity index is 267. The summed E-state index contributed by atoms with van der Waals surface area (Å²) >= 11 is 7.04. The molecule has 0 rings (SSSR count). The summed E-state index contributed by atoms with van der Waals surface area (Å²) in [6.45, 7) is 14.2. The van der Waals surface area contributed by atoms with Crippen molar-refractivity contribution in [1.29, 1.82) is 0 Å². The first-order valence-corrected chi connectivity index (χ1v) is 18.4. The van der Waals surface area contributed by atoms with Gasteiger partial charge >= 0.3 is 0 Å². The second kappa shape index (κ2) is 21.7. The minimum atomic E-state index is 0.0297. The molecule has 0 saturated carbocycles. The van der Waals surface area contributed by atoms with Crippen LogP contribution in [0.1, 0.15) is 119 Å². The molecule has 0 aromatic rings. The van der Waals surface area contributed by atoms with E-state index in [4.69, 9.17) is 0 Å². The highest BCUT2D eigenvalue weighted by Crippen LogP contribution is 2.71. The predicted octanol–water partition coefficient (Wildman–Crippen LogP) is 11.1. The normalized spacial score (nSPS) is 16.1. The van der Waals surface area contributed by atoms with E-state index in [0.717, 1.165) is 17.8 Å². The quantitative estimate of drug-likeness (QED) is 0.154. The molecule has 28 heavy (non-hydrogen) atoms. The summed E-state index contributed by atoms with van der Waals surface area (Å²) in [5, 5.41) is 0. The Labute approximate surface area is 192 Å². The van der Waals surface area contributed by atoms with Crippen LogP contribution in [0.25, 0.3) is 0 Å². The standard InChI is InChI=1S/C24H51PS3/c1-7-13-16-22(10-4)19-26-25(27-20-23(11-5)17-14-8-2)28-21-24(12-6)18-15-9-3/h22-24H,7-21H2,1-6H3. The number of unbranched alkanes of at least 4 members (excludes halogenated alkanes) is 3. The maximum Gasteiger partial charge on any atom is 0.0729 e. The van der Waals surface area contributed by atoms with E-state index in [1.54, 1.807) is 0 Å². The predicted molar refractivity (Wildman–Crippen MR) is 144 cm³/mol. The Morgan fingerprint density at radius 2 is 0.786 bits per heavy atom. The maximum absolute atomic E-state index is 2.40. The van der Waals surface area contributed by atoms with E-state index in [1.165, 1.54) is 94.3 Å². The molecule has 170 valence electrons. The van der Waals surface area contributed by atoms with Crippen LogP contribution in [0.4, 0.5) is 0 Å². The zero-order chi connectivity index (χ0) is 21.0. The molecule has 0 nitrogen and oxygen atoms in total. The van der Waals surface area contributed by atoms with Gasteiger partial charge in [-0.2, -0.15) is 0 Å². The van der Waals surface area contributed by atoms with Gasteiger partial charge in [0, 0.05) is 17.3 Å². The molecule has 0 saturated heterocycles. The van der Waals surface area contributed by atoms with Crippen molar-refractivity contribution in [3.63, 3.8) is 0 Å². The van der Waals surface area contributed by atoms with E-state index in [2.05, 4.69) is 75.7 Å². The molecular weight excluding hydrogens is 415 g/mol. The smallest absolute Gasteiger partial charge is 0.0729 e. The summed E-state index contributed by atoms with van der Waals surface area (Å²) in [7, 11) is 0. The summed E-state index contributed by atoms with van der Waals surface area (Å²) in [6.07, 6.45) is 16.8. The first kappa shape index (κ1) is 29.5. The van der Waals surface area contributed by atoms with Gasteiger partial charge in [0.25, 0.3) is 0 Å². The van der Waals surface area contributed by atoms with Crippen molar-refractivity contribution in [1.82, 2.24) is 0 Å². The van der Waals surface area contributed by atoms with Crippen molar-refractivity contribution in [2.75, 3.05) is 17.3 Å². The minimum Gasteiger partial charge on any atom is -0.112 e. The first-order chi connectivity index (χ1) is 13.6. The Hall–Kier alpha value is 1.48. The average molecular weight is 467 g/mol. The van der Waals surface area contributed by atoms with Crippen molar-refractivity contribution < 1.29 is 0 Å². The van der Waals surface area contributed by atoms with Crippen LogP contribution in [0.15, 0.2) is 0 Å². The SMILES string of the molecule is CCCCC(CC)CSP(SCC(CC)CCCC)SCC(CC)CCCC. The summed E-state index contributed by atoms with van der Waals surface area (Å²) in [4.78, 5) is 0. The summed E-state index contributed by atoms with van der Waals surface area (Å²) in [5.41, 5.74) is 0.0297. The van der Waals surface area contributed by atoms with E-state index < -0.39 is 0 Å². The lowest BCUT2D eigenvalue weighted by molar-refractivity contribution is 0.500. The van der Waals surface area contributed by atoms with E-state index >= 15 is 0 Å². The van der Waals surface area contributed by atoms with Gasteiger partial charge in [-0.1, -0.05) is 99.3 Å². The third-order valence-electron chi connectivity index (χ3n) is 5.88. The highest BCUT2D eigenvalue weighted by molar-refractivity contribution is 9.12. The van der Waals surface area contributed by atoms with Crippen LogP contribution in [-0.4, -0.2) is 17.3 Å². The maximum atomic E-state index is 2.40. The van der Waals surface area contributed by atoms with Gasteiger partial charge in [-0.3, -0.25) is 0 Å². The third kappa shape index (κ3) is 16.2. The lowest BCUT2D eigenvalue weighted by Gasteiger charge is -2.23. The lowest BCUT2D eigenvalue weighted by Crippen LogP contribution is -2.04. The molecule has 0 aliphatic heterocycles. The van der Waals surface area contributed by atoms with Gasteiger partial charge in [0.1, 0.15) is 0 Å². The molecule has 3 unspecified atom stereocenters. The van der Waals surface area contributed by atoms with Crippen LogP contribution >= 0.6 is 39.7 Å². The van der Waals surface area contributed by atoms with Crippen molar-refractivity contribution in [2.45, 2.75) is 119 Å². The fraction of sp³-hybridized carbons (Fsp3) is 1.00. The topological polar surface area (TPSA) is 0 Å². The van der Waals surface area contributed by atoms with Gasteiger partial charge in [-0.05, 0) is 37.0 Å². The minimum absolute atomic E-state index is 0.0297. The molecule has 0 bridgehead atoms. The molecular formula is C24H51PS3. The van der Waals surface area contributed by atoms with Gasteiger partial charge in [0.2, 0.25) is 0 Å². The fourth-order valence-corrected chi connectivity index (χ4v) is 14.7. The van der Waals surface area contributed by atoms with E-state index in [9.17, 15) is 0 Å². The number of hydrogen-bond acceptors (Lipinski definition) is 3. The highest BCUT2D eigenvalue weighted by Gasteiger charge is 2.18. The Morgan fingerprint density at radius 3 is 1.00 bits per heavy atom. The van der Waals surface area contributed by atoms with Crippen molar-refractivity contribution >= 4 is 39.7 Å². The molecule has 0 heterocycles. The molecule has 0 aromatic heterocycles. The zero-order valence-electron chi connectivity index (χ0n) is 20.0. The van der Waals surface area contributed by atoms with E-state index in [-0.39, 0.29) is 5.53 Å². The van der Waals surface area contributed by atoms with Gasteiger partial charge in [0.05, 0.1) is 5.53 Å². The van der Waals surface area contributed by atoms with Crippen LogP contribution in [-0.2, 0) is 0 Å². The Balaban J connectivity index is 4.60. The fourth-order valence-electron chi connectivity index (χ4n) is 3.30. The first-order valence-electron chi connectivity index (χ1n) is 12.3. The molecule has 0 aromatic carbocycles. The third-order valence-corrected chi connectivity index (χ3v) is 17.3. The molecule has 0 aliphatic carbocycles. The second-order valence-corrected chi connectivity index (χ2v) is 18.3. The molecule has 0 radical (unpaired) electrons. The van der Waals surface area contributed by atoms with Crippen LogP contribution in [0.5, 0.6) is 0 Å². The van der Waals surface area contributed by atoms with E-state index in [0.29, 0.717) is 0 Å². The summed E-state index contributed by atoms with van der Waals surface area (Å²) in [5.74, 6) is 7.04. The monoisotopic (exact) mass is 466 g/mol. The van der Waals surface area contributed by atoms with Crippen LogP contribution in [0.2, 0.25) is 0 Å². The van der Waals surface area contributed by atoms with Gasteiger partial charge in [-0.25, -0.2) is 0 Å². The van der Waals surface area contributed by atoms with Crippen LogP contribution in [0, 0.1) is 17.8 Å².